The molecule has 0 aromatic heterocycles. The van der Waals surface area contributed by atoms with Crippen molar-refractivity contribution in [3.63, 3.8) is 0 Å². The van der Waals surface area contributed by atoms with Crippen LogP contribution in [0.15, 0.2) is 22.0 Å². The Hall–Kier alpha value is -1.45. The molecule has 0 atom stereocenters. The number of thiol groups is 1. The summed E-state index contributed by atoms with van der Waals surface area (Å²) >= 11 is 4.13. The van der Waals surface area contributed by atoms with Crippen molar-refractivity contribution in [3.05, 3.63) is 12.1 Å². The average molecular weight is 211 g/mol. The van der Waals surface area contributed by atoms with Gasteiger partial charge in [0.05, 0.1) is 19.9 Å². The number of aliphatic imine (C=N–C) groups is 1. The van der Waals surface area contributed by atoms with E-state index in [-0.39, 0.29) is 0 Å². The lowest BCUT2D eigenvalue weighted by Gasteiger charge is -2.08. The fourth-order valence-electron chi connectivity index (χ4n) is 0.996. The largest absolute Gasteiger partial charge is 0.493 e. The molecule has 0 radical (unpaired) electrons. The molecule has 0 saturated carbocycles. The number of isocyanates is 1. The molecule has 0 unspecified atom stereocenters. The molecular formula is C9H9NO3S. The summed E-state index contributed by atoms with van der Waals surface area (Å²) in [5, 5.41) is 0. The zero-order chi connectivity index (χ0) is 10.6. The molecule has 0 amide bonds. The predicted octanol–water partition coefficient (Wildman–Crippen LogP) is 1.96. The minimum absolute atomic E-state index is 0.404. The minimum atomic E-state index is 0.404. The molecule has 0 saturated heterocycles. The van der Waals surface area contributed by atoms with Crippen molar-refractivity contribution in [1.82, 2.24) is 0 Å². The van der Waals surface area contributed by atoms with Crippen LogP contribution in [0, 0.1) is 0 Å². The lowest BCUT2D eigenvalue weighted by atomic mass is 10.3. The number of rotatable bonds is 3. The maximum absolute atomic E-state index is 10.1. The second kappa shape index (κ2) is 4.69. The van der Waals surface area contributed by atoms with Gasteiger partial charge in [0.25, 0.3) is 0 Å². The fraction of sp³-hybridized carbons (Fsp3) is 0.222. The molecule has 0 aliphatic heterocycles. The smallest absolute Gasteiger partial charge is 0.240 e. The lowest BCUT2D eigenvalue weighted by molar-refractivity contribution is 0.354. The maximum atomic E-state index is 10.1. The first kappa shape index (κ1) is 10.6. The van der Waals surface area contributed by atoms with Crippen molar-refractivity contribution in [2.24, 2.45) is 4.99 Å². The van der Waals surface area contributed by atoms with Crippen LogP contribution in [-0.2, 0) is 4.79 Å². The van der Waals surface area contributed by atoms with Crippen molar-refractivity contribution in [2.45, 2.75) is 4.90 Å². The molecule has 1 rings (SSSR count). The van der Waals surface area contributed by atoms with Crippen LogP contribution in [0.5, 0.6) is 11.5 Å². The summed E-state index contributed by atoms with van der Waals surface area (Å²) in [6.45, 7) is 0. The number of ether oxygens (including phenoxy) is 2. The molecule has 0 spiro atoms. The highest BCUT2D eigenvalue weighted by Crippen LogP contribution is 2.36. The molecule has 74 valence electrons. The lowest BCUT2D eigenvalue weighted by Crippen LogP contribution is -1.90. The summed E-state index contributed by atoms with van der Waals surface area (Å²) < 4.78 is 10.1. The van der Waals surface area contributed by atoms with Crippen LogP contribution in [0.3, 0.4) is 0 Å². The molecule has 0 aliphatic carbocycles. The van der Waals surface area contributed by atoms with E-state index in [1.54, 1.807) is 12.1 Å². The van der Waals surface area contributed by atoms with Gasteiger partial charge in [-0.05, 0) is 6.07 Å². The molecule has 0 fully saturated rings. The van der Waals surface area contributed by atoms with Crippen molar-refractivity contribution in [3.8, 4) is 11.5 Å². The van der Waals surface area contributed by atoms with E-state index in [1.807, 2.05) is 0 Å². The third-order valence-corrected chi connectivity index (χ3v) is 2.01. The van der Waals surface area contributed by atoms with Gasteiger partial charge in [-0.15, -0.1) is 12.6 Å². The molecule has 1 aromatic carbocycles. The van der Waals surface area contributed by atoms with Crippen LogP contribution in [0.1, 0.15) is 0 Å². The van der Waals surface area contributed by atoms with Crippen molar-refractivity contribution < 1.29 is 14.3 Å². The van der Waals surface area contributed by atoms with Gasteiger partial charge < -0.3 is 9.47 Å². The van der Waals surface area contributed by atoms with E-state index in [0.29, 0.717) is 22.1 Å². The van der Waals surface area contributed by atoms with Gasteiger partial charge in [-0.1, -0.05) is 0 Å². The number of carbonyl (C=O) groups excluding carboxylic acids is 1. The average Bonchev–Trinajstić information content (AvgIpc) is 2.20. The Morgan fingerprint density at radius 2 is 1.86 bits per heavy atom. The zero-order valence-electron chi connectivity index (χ0n) is 7.77. The topological polar surface area (TPSA) is 47.9 Å². The Morgan fingerprint density at radius 3 is 2.36 bits per heavy atom. The van der Waals surface area contributed by atoms with E-state index < -0.39 is 0 Å². The molecule has 5 heteroatoms. The molecular weight excluding hydrogens is 202 g/mol. The van der Waals surface area contributed by atoms with Gasteiger partial charge in [0.15, 0.2) is 11.5 Å². The first-order valence-corrected chi connectivity index (χ1v) is 4.20. The van der Waals surface area contributed by atoms with Crippen molar-refractivity contribution >= 4 is 24.4 Å². The monoisotopic (exact) mass is 211 g/mol. The number of benzene rings is 1. The SMILES string of the molecule is COc1cc(S)c(N=C=O)cc1OC. The highest BCUT2D eigenvalue weighted by molar-refractivity contribution is 7.80. The quantitative estimate of drug-likeness (QED) is 0.472. The van der Waals surface area contributed by atoms with Gasteiger partial charge in [-0.3, -0.25) is 0 Å². The normalized spacial score (nSPS) is 9.07. The van der Waals surface area contributed by atoms with E-state index in [2.05, 4.69) is 17.6 Å². The van der Waals surface area contributed by atoms with Gasteiger partial charge in [0.1, 0.15) is 0 Å². The van der Waals surface area contributed by atoms with Gasteiger partial charge in [-0.2, -0.15) is 4.99 Å². The number of hydrogen-bond donors (Lipinski definition) is 1. The molecule has 0 bridgehead atoms. The molecule has 14 heavy (non-hydrogen) atoms. The summed E-state index contributed by atoms with van der Waals surface area (Å²) in [7, 11) is 3.03. The van der Waals surface area contributed by atoms with Gasteiger partial charge in [0.2, 0.25) is 6.08 Å². The Morgan fingerprint density at radius 1 is 1.29 bits per heavy atom. The van der Waals surface area contributed by atoms with Gasteiger partial charge >= 0.3 is 0 Å². The Balaban J connectivity index is 3.29. The number of nitrogens with zero attached hydrogens (tertiary/aromatic N) is 1. The highest BCUT2D eigenvalue weighted by Gasteiger charge is 2.07. The summed E-state index contributed by atoms with van der Waals surface area (Å²) in [5.74, 6) is 1.04. The van der Waals surface area contributed by atoms with Crippen LogP contribution in [0.25, 0.3) is 0 Å². The standard InChI is InChI=1S/C9H9NO3S/c1-12-7-3-6(10-5-11)9(14)4-8(7)13-2/h3-4,14H,1-2H3. The van der Waals surface area contributed by atoms with Gasteiger partial charge in [-0.25, -0.2) is 4.79 Å². The Labute approximate surface area is 87.0 Å². The Bertz CT molecular complexity index is 386. The summed E-state index contributed by atoms with van der Waals surface area (Å²) in [4.78, 5) is 14.1. The number of hydrogen-bond acceptors (Lipinski definition) is 5. The van der Waals surface area contributed by atoms with Crippen molar-refractivity contribution in [2.75, 3.05) is 14.2 Å². The molecule has 0 aliphatic rings. The van der Waals surface area contributed by atoms with Crippen LogP contribution in [-0.4, -0.2) is 20.3 Å². The fourth-order valence-corrected chi connectivity index (χ4v) is 1.23. The predicted molar refractivity (Wildman–Crippen MR) is 54.6 cm³/mol. The van der Waals surface area contributed by atoms with Crippen LogP contribution in [0.2, 0.25) is 0 Å². The van der Waals surface area contributed by atoms with E-state index in [1.165, 1.54) is 20.3 Å². The van der Waals surface area contributed by atoms with E-state index in [4.69, 9.17) is 9.47 Å². The summed E-state index contributed by atoms with van der Waals surface area (Å²) in [6.07, 6.45) is 1.44. The van der Waals surface area contributed by atoms with Crippen LogP contribution in [0.4, 0.5) is 5.69 Å². The van der Waals surface area contributed by atoms with Crippen LogP contribution < -0.4 is 9.47 Å². The van der Waals surface area contributed by atoms with Crippen molar-refractivity contribution in [1.29, 1.82) is 0 Å². The molecule has 0 N–H and O–H groups in total. The zero-order valence-corrected chi connectivity index (χ0v) is 8.67. The Kier molecular flexibility index (Phi) is 3.56. The maximum Gasteiger partial charge on any atom is 0.240 e. The summed E-state index contributed by atoms with van der Waals surface area (Å²) in [6, 6.07) is 3.18. The minimum Gasteiger partial charge on any atom is -0.493 e. The molecule has 0 heterocycles. The van der Waals surface area contributed by atoms with E-state index >= 15 is 0 Å². The second-order valence-electron chi connectivity index (χ2n) is 2.40. The van der Waals surface area contributed by atoms with Gasteiger partial charge in [0, 0.05) is 11.0 Å². The molecule has 1 aromatic rings. The first-order valence-electron chi connectivity index (χ1n) is 3.75. The first-order chi connectivity index (χ1) is 6.72. The van der Waals surface area contributed by atoms with Crippen LogP contribution >= 0.6 is 12.6 Å². The van der Waals surface area contributed by atoms with E-state index in [0.717, 1.165) is 0 Å². The number of methoxy groups -OCH3 is 2. The molecule has 4 nitrogen and oxygen atoms in total. The highest BCUT2D eigenvalue weighted by atomic mass is 32.1. The third-order valence-electron chi connectivity index (χ3n) is 1.65. The van der Waals surface area contributed by atoms with E-state index in [9.17, 15) is 4.79 Å². The summed E-state index contributed by atoms with van der Waals surface area (Å²) in [5.41, 5.74) is 0.404. The third kappa shape index (κ3) is 2.07. The second-order valence-corrected chi connectivity index (χ2v) is 2.88.